The van der Waals surface area contributed by atoms with E-state index < -0.39 is 12.1 Å². The average molecular weight is 510 g/mol. The molecule has 3 N–H and O–H groups in total. The molecule has 4 heteroatoms. The van der Waals surface area contributed by atoms with Crippen LogP contribution in [0.3, 0.4) is 0 Å². The number of hydrogen-bond donors (Lipinski definition) is 3. The smallest absolute Gasteiger partial charge is 0.220 e. The maximum atomic E-state index is 12.2. The van der Waals surface area contributed by atoms with E-state index in [1.165, 1.54) is 109 Å². The van der Waals surface area contributed by atoms with Crippen molar-refractivity contribution in [2.24, 2.45) is 0 Å². The Kier molecular flexibility index (Phi) is 28.0. The van der Waals surface area contributed by atoms with Crippen LogP contribution in [0.15, 0.2) is 12.2 Å². The van der Waals surface area contributed by atoms with Crippen molar-refractivity contribution in [3.63, 3.8) is 0 Å². The number of carbonyl (C=O) groups excluding carboxylic acids is 1. The summed E-state index contributed by atoms with van der Waals surface area (Å²) in [7, 11) is 0. The Balaban J connectivity index is 3.64. The van der Waals surface area contributed by atoms with Crippen molar-refractivity contribution < 1.29 is 15.0 Å². The summed E-state index contributed by atoms with van der Waals surface area (Å²) in [5, 5.41) is 22.9. The molecule has 0 radical (unpaired) electrons. The van der Waals surface area contributed by atoms with E-state index in [0.29, 0.717) is 12.8 Å². The van der Waals surface area contributed by atoms with Crippen molar-refractivity contribution in [2.45, 2.75) is 180 Å². The van der Waals surface area contributed by atoms with E-state index in [1.54, 1.807) is 0 Å². The Morgan fingerprint density at radius 3 is 1.53 bits per heavy atom. The first-order chi connectivity index (χ1) is 17.7. The summed E-state index contributed by atoms with van der Waals surface area (Å²) in [4.78, 5) is 12.2. The fourth-order valence-electron chi connectivity index (χ4n) is 4.76. The van der Waals surface area contributed by atoms with Gasteiger partial charge in [-0.1, -0.05) is 135 Å². The number of aliphatic hydroxyl groups is 2. The first-order valence-corrected chi connectivity index (χ1v) is 15.9. The van der Waals surface area contributed by atoms with Gasteiger partial charge < -0.3 is 15.5 Å². The summed E-state index contributed by atoms with van der Waals surface area (Å²) < 4.78 is 0. The van der Waals surface area contributed by atoms with Crippen LogP contribution in [0, 0.1) is 0 Å². The van der Waals surface area contributed by atoms with Crippen molar-refractivity contribution in [3.8, 4) is 0 Å². The Morgan fingerprint density at radius 2 is 1.06 bits per heavy atom. The highest BCUT2D eigenvalue weighted by Gasteiger charge is 2.19. The standard InChI is InChI=1S/C32H63NO3/c1-3-5-7-9-11-13-15-16-18-19-21-23-25-27-31(35)30(29-34)33-32(36)28-26-24-22-20-17-14-12-10-8-6-4-2/h18-19,30-31,34-35H,3-17,20-29H2,1-2H3,(H,33,36)/b19-18+/t30-,31+/m0/s1. The fraction of sp³-hybridized carbons (Fsp3) is 0.906. The highest BCUT2D eigenvalue weighted by atomic mass is 16.3. The second-order valence-corrected chi connectivity index (χ2v) is 10.9. The number of amides is 1. The number of allylic oxidation sites excluding steroid dienone is 2. The van der Waals surface area contributed by atoms with Crippen molar-refractivity contribution in [1.82, 2.24) is 5.32 Å². The second kappa shape index (κ2) is 28.7. The highest BCUT2D eigenvalue weighted by molar-refractivity contribution is 5.76. The molecule has 0 saturated carbocycles. The largest absolute Gasteiger partial charge is 0.394 e. The van der Waals surface area contributed by atoms with Crippen LogP contribution in [0.4, 0.5) is 0 Å². The lowest BCUT2D eigenvalue weighted by molar-refractivity contribution is -0.123. The minimum atomic E-state index is -0.673. The third-order valence-electron chi connectivity index (χ3n) is 7.28. The Labute approximate surface area is 225 Å². The molecule has 0 rings (SSSR count). The quantitative estimate of drug-likeness (QED) is 0.0729. The van der Waals surface area contributed by atoms with Gasteiger partial charge in [-0.15, -0.1) is 0 Å². The van der Waals surface area contributed by atoms with Gasteiger partial charge >= 0.3 is 0 Å². The van der Waals surface area contributed by atoms with Crippen LogP contribution in [-0.2, 0) is 4.79 Å². The summed E-state index contributed by atoms with van der Waals surface area (Å²) in [6, 6.07) is -0.543. The second-order valence-electron chi connectivity index (χ2n) is 10.9. The van der Waals surface area contributed by atoms with Gasteiger partial charge in [-0.25, -0.2) is 0 Å². The van der Waals surface area contributed by atoms with E-state index in [-0.39, 0.29) is 12.5 Å². The molecular formula is C32H63NO3. The SMILES string of the molecule is CCCCCCCCC/C=C/CCCC[C@@H](O)[C@H](CO)NC(=O)CCCCCCCCCCCCC. The van der Waals surface area contributed by atoms with Crippen LogP contribution < -0.4 is 5.32 Å². The number of unbranched alkanes of at least 4 members (excludes halogenated alkanes) is 19. The predicted octanol–water partition coefficient (Wildman–Crippen LogP) is 8.78. The van der Waals surface area contributed by atoms with E-state index in [0.717, 1.165) is 32.1 Å². The van der Waals surface area contributed by atoms with Crippen LogP contribution in [0.5, 0.6) is 0 Å². The molecule has 0 unspecified atom stereocenters. The zero-order valence-corrected chi connectivity index (χ0v) is 24.3. The molecule has 0 aromatic heterocycles. The summed E-state index contributed by atoms with van der Waals surface area (Å²) in [6.45, 7) is 4.31. The van der Waals surface area contributed by atoms with Gasteiger partial charge in [0.25, 0.3) is 0 Å². The van der Waals surface area contributed by atoms with E-state index in [4.69, 9.17) is 0 Å². The Bertz CT molecular complexity index is 480. The highest BCUT2D eigenvalue weighted by Crippen LogP contribution is 2.13. The number of aliphatic hydroxyl groups excluding tert-OH is 2. The van der Waals surface area contributed by atoms with Gasteiger partial charge in [-0.3, -0.25) is 4.79 Å². The average Bonchev–Trinajstić information content (AvgIpc) is 2.88. The van der Waals surface area contributed by atoms with Crippen molar-refractivity contribution in [3.05, 3.63) is 12.2 Å². The third-order valence-corrected chi connectivity index (χ3v) is 7.28. The molecule has 0 aliphatic rings. The molecule has 0 fully saturated rings. The summed E-state index contributed by atoms with van der Waals surface area (Å²) in [5.74, 6) is -0.0441. The van der Waals surface area contributed by atoms with Gasteiger partial charge in [0.15, 0.2) is 0 Å². The van der Waals surface area contributed by atoms with Gasteiger partial charge in [0, 0.05) is 6.42 Å². The molecule has 1 amide bonds. The van der Waals surface area contributed by atoms with E-state index in [9.17, 15) is 15.0 Å². The van der Waals surface area contributed by atoms with Gasteiger partial charge in [0.05, 0.1) is 18.8 Å². The van der Waals surface area contributed by atoms with Crippen LogP contribution in [0.25, 0.3) is 0 Å². The van der Waals surface area contributed by atoms with Gasteiger partial charge in [0.2, 0.25) is 5.91 Å². The third kappa shape index (κ3) is 24.8. The van der Waals surface area contributed by atoms with Crippen LogP contribution >= 0.6 is 0 Å². The molecule has 2 atom stereocenters. The zero-order chi connectivity index (χ0) is 26.5. The predicted molar refractivity (Wildman–Crippen MR) is 156 cm³/mol. The lowest BCUT2D eigenvalue weighted by Crippen LogP contribution is -2.45. The number of rotatable bonds is 28. The summed E-state index contributed by atoms with van der Waals surface area (Å²) in [6.07, 6.45) is 32.5. The van der Waals surface area contributed by atoms with Crippen molar-refractivity contribution >= 4 is 5.91 Å². The maximum absolute atomic E-state index is 12.2. The molecule has 0 aromatic carbocycles. The molecule has 0 aromatic rings. The summed E-state index contributed by atoms with van der Waals surface area (Å²) >= 11 is 0. The number of hydrogen-bond acceptors (Lipinski definition) is 3. The van der Waals surface area contributed by atoms with Crippen LogP contribution in [0.2, 0.25) is 0 Å². The van der Waals surface area contributed by atoms with Gasteiger partial charge in [0.1, 0.15) is 0 Å². The first-order valence-electron chi connectivity index (χ1n) is 15.9. The van der Waals surface area contributed by atoms with Crippen LogP contribution in [0.1, 0.15) is 168 Å². The van der Waals surface area contributed by atoms with E-state index in [2.05, 4.69) is 31.3 Å². The topological polar surface area (TPSA) is 69.6 Å². The molecule has 214 valence electrons. The van der Waals surface area contributed by atoms with E-state index >= 15 is 0 Å². The van der Waals surface area contributed by atoms with Crippen LogP contribution in [-0.4, -0.2) is 34.9 Å². The number of carbonyl (C=O) groups is 1. The fourth-order valence-corrected chi connectivity index (χ4v) is 4.76. The van der Waals surface area contributed by atoms with Gasteiger partial charge in [-0.05, 0) is 38.5 Å². The molecule has 0 aliphatic carbocycles. The molecule has 0 spiro atoms. The minimum Gasteiger partial charge on any atom is -0.394 e. The summed E-state index contributed by atoms with van der Waals surface area (Å²) in [5.41, 5.74) is 0. The van der Waals surface area contributed by atoms with Gasteiger partial charge in [-0.2, -0.15) is 0 Å². The van der Waals surface area contributed by atoms with Crippen molar-refractivity contribution in [1.29, 1.82) is 0 Å². The normalized spacial score (nSPS) is 13.3. The lowest BCUT2D eigenvalue weighted by atomic mass is 10.0. The Hall–Kier alpha value is -0.870. The van der Waals surface area contributed by atoms with Crippen molar-refractivity contribution in [2.75, 3.05) is 6.61 Å². The molecule has 4 nitrogen and oxygen atoms in total. The lowest BCUT2D eigenvalue weighted by Gasteiger charge is -2.22. The Morgan fingerprint density at radius 1 is 0.639 bits per heavy atom. The molecule has 36 heavy (non-hydrogen) atoms. The monoisotopic (exact) mass is 509 g/mol. The molecule has 0 bridgehead atoms. The zero-order valence-electron chi connectivity index (χ0n) is 24.3. The first kappa shape index (κ1) is 35.1. The molecule has 0 saturated heterocycles. The minimum absolute atomic E-state index is 0.0441. The molecule has 0 heterocycles. The molecule has 0 aliphatic heterocycles. The molecular weight excluding hydrogens is 446 g/mol. The maximum Gasteiger partial charge on any atom is 0.220 e. The number of nitrogens with one attached hydrogen (secondary N) is 1. The van der Waals surface area contributed by atoms with E-state index in [1.807, 2.05) is 0 Å².